The van der Waals surface area contributed by atoms with Crippen LogP contribution in [0.4, 0.5) is 5.82 Å². The number of ether oxygens (including phenoxy) is 1. The molecule has 0 atom stereocenters. The van der Waals surface area contributed by atoms with Gasteiger partial charge in [0, 0.05) is 24.9 Å². The average molecular weight is 334 g/mol. The number of nitrogens with zero attached hydrogens (tertiary/aromatic N) is 3. The smallest absolute Gasteiger partial charge is 0.258 e. The maximum absolute atomic E-state index is 12.4. The number of amides is 1. The summed E-state index contributed by atoms with van der Waals surface area (Å²) in [6.07, 6.45) is 5.68. The number of carbonyl (C=O) groups is 1. The van der Waals surface area contributed by atoms with Gasteiger partial charge < -0.3 is 10.1 Å². The Hall–Kier alpha value is -3.15. The van der Waals surface area contributed by atoms with Gasteiger partial charge in [-0.2, -0.15) is 5.10 Å². The number of carbonyl (C=O) groups excluding carboxylic acids is 1. The minimum atomic E-state index is -0.212. The lowest BCUT2D eigenvalue weighted by atomic mass is 10.2. The minimum absolute atomic E-state index is 0.212. The van der Waals surface area contributed by atoms with Gasteiger partial charge in [-0.25, -0.2) is 9.67 Å². The fraction of sp³-hybridized carbons (Fsp3) is 0.211. The normalized spacial score (nSPS) is 13.4. The zero-order chi connectivity index (χ0) is 17.1. The van der Waals surface area contributed by atoms with Crippen molar-refractivity contribution >= 4 is 11.7 Å². The minimum Gasteiger partial charge on any atom is -0.439 e. The van der Waals surface area contributed by atoms with Crippen LogP contribution in [0.2, 0.25) is 0 Å². The first-order valence-corrected chi connectivity index (χ1v) is 8.30. The van der Waals surface area contributed by atoms with E-state index in [1.807, 2.05) is 35.0 Å². The van der Waals surface area contributed by atoms with Crippen molar-refractivity contribution in [2.45, 2.75) is 19.4 Å². The first kappa shape index (κ1) is 15.4. The van der Waals surface area contributed by atoms with Gasteiger partial charge >= 0.3 is 0 Å². The Morgan fingerprint density at radius 2 is 2.00 bits per heavy atom. The van der Waals surface area contributed by atoms with Crippen LogP contribution in [-0.2, 0) is 6.54 Å². The second-order valence-electron chi connectivity index (χ2n) is 6.10. The molecule has 0 aliphatic heterocycles. The van der Waals surface area contributed by atoms with Gasteiger partial charge in [0.1, 0.15) is 11.6 Å². The molecule has 0 radical (unpaired) electrons. The van der Waals surface area contributed by atoms with Crippen LogP contribution in [0.25, 0.3) is 0 Å². The van der Waals surface area contributed by atoms with Crippen LogP contribution >= 0.6 is 0 Å². The third-order valence-corrected chi connectivity index (χ3v) is 4.05. The molecule has 1 amide bonds. The summed E-state index contributed by atoms with van der Waals surface area (Å²) in [6, 6.07) is 14.6. The summed E-state index contributed by atoms with van der Waals surface area (Å²) < 4.78 is 7.47. The maximum Gasteiger partial charge on any atom is 0.258 e. The summed E-state index contributed by atoms with van der Waals surface area (Å²) in [5, 5.41) is 7.16. The molecule has 6 nitrogen and oxygen atoms in total. The van der Waals surface area contributed by atoms with E-state index in [4.69, 9.17) is 4.74 Å². The number of para-hydroxylation sites is 1. The number of pyridine rings is 1. The van der Waals surface area contributed by atoms with Crippen molar-refractivity contribution in [2.75, 3.05) is 5.32 Å². The number of anilines is 1. The summed E-state index contributed by atoms with van der Waals surface area (Å²) in [6.45, 7) is 0.852. The summed E-state index contributed by atoms with van der Waals surface area (Å²) in [4.78, 5) is 16.6. The molecule has 126 valence electrons. The predicted molar refractivity (Wildman–Crippen MR) is 93.7 cm³/mol. The molecule has 25 heavy (non-hydrogen) atoms. The Balaban J connectivity index is 1.41. The molecule has 1 aromatic carbocycles. The second kappa shape index (κ2) is 6.76. The molecular weight excluding hydrogens is 316 g/mol. The molecule has 1 aliphatic carbocycles. The Bertz CT molecular complexity index is 855. The van der Waals surface area contributed by atoms with E-state index in [2.05, 4.69) is 15.4 Å². The number of hydrogen-bond acceptors (Lipinski definition) is 4. The largest absolute Gasteiger partial charge is 0.439 e. The molecule has 2 aromatic heterocycles. The Morgan fingerprint density at radius 1 is 1.16 bits per heavy atom. The molecule has 1 fully saturated rings. The van der Waals surface area contributed by atoms with Gasteiger partial charge in [0.2, 0.25) is 5.88 Å². The monoisotopic (exact) mass is 334 g/mol. The molecular formula is C19H18N4O2. The van der Waals surface area contributed by atoms with Crippen LogP contribution < -0.4 is 10.1 Å². The van der Waals surface area contributed by atoms with Crippen molar-refractivity contribution in [1.82, 2.24) is 14.8 Å². The van der Waals surface area contributed by atoms with E-state index in [1.54, 1.807) is 24.4 Å². The zero-order valence-corrected chi connectivity index (χ0v) is 13.6. The Kier molecular flexibility index (Phi) is 4.16. The average Bonchev–Trinajstić information content (AvgIpc) is 3.35. The molecule has 1 N–H and O–H groups in total. The molecule has 0 saturated heterocycles. The van der Waals surface area contributed by atoms with Crippen molar-refractivity contribution < 1.29 is 9.53 Å². The first-order chi connectivity index (χ1) is 12.3. The molecule has 0 bridgehead atoms. The van der Waals surface area contributed by atoms with E-state index in [-0.39, 0.29) is 5.91 Å². The Morgan fingerprint density at radius 3 is 2.72 bits per heavy atom. The number of hydrogen-bond donors (Lipinski definition) is 1. The molecule has 1 aliphatic rings. The summed E-state index contributed by atoms with van der Waals surface area (Å²) in [7, 11) is 0. The van der Waals surface area contributed by atoms with Gasteiger partial charge in [-0.1, -0.05) is 18.2 Å². The zero-order valence-electron chi connectivity index (χ0n) is 13.6. The second-order valence-corrected chi connectivity index (χ2v) is 6.10. The van der Waals surface area contributed by atoms with Crippen molar-refractivity contribution in [3.63, 3.8) is 0 Å². The van der Waals surface area contributed by atoms with Crippen LogP contribution in [0.1, 0.15) is 23.2 Å². The standard InChI is InChI=1S/C19H18N4O2/c24-19(22-17-10-11-21-23(17)13-14-6-7-14)15-8-9-18(20-12-15)25-16-4-2-1-3-5-16/h1-5,8-12,14H,6-7,13H2,(H,22,24). The lowest BCUT2D eigenvalue weighted by Gasteiger charge is -2.09. The van der Waals surface area contributed by atoms with Crippen molar-refractivity contribution in [1.29, 1.82) is 0 Å². The lowest BCUT2D eigenvalue weighted by Crippen LogP contribution is -2.16. The predicted octanol–water partition coefficient (Wildman–Crippen LogP) is 3.73. The molecule has 4 rings (SSSR count). The lowest BCUT2D eigenvalue weighted by molar-refractivity contribution is 0.102. The highest BCUT2D eigenvalue weighted by molar-refractivity contribution is 6.03. The van der Waals surface area contributed by atoms with E-state index in [0.29, 0.717) is 28.9 Å². The molecule has 0 spiro atoms. The van der Waals surface area contributed by atoms with E-state index in [0.717, 1.165) is 6.54 Å². The molecule has 3 aromatic rings. The van der Waals surface area contributed by atoms with Crippen LogP contribution in [-0.4, -0.2) is 20.7 Å². The van der Waals surface area contributed by atoms with Crippen LogP contribution in [0.3, 0.4) is 0 Å². The number of benzene rings is 1. The third kappa shape index (κ3) is 3.85. The highest BCUT2D eigenvalue weighted by Gasteiger charge is 2.23. The molecule has 6 heteroatoms. The third-order valence-electron chi connectivity index (χ3n) is 4.05. The topological polar surface area (TPSA) is 69.0 Å². The van der Waals surface area contributed by atoms with E-state index >= 15 is 0 Å². The van der Waals surface area contributed by atoms with E-state index in [1.165, 1.54) is 19.0 Å². The van der Waals surface area contributed by atoms with Crippen LogP contribution in [0.5, 0.6) is 11.6 Å². The highest BCUT2D eigenvalue weighted by atomic mass is 16.5. The SMILES string of the molecule is O=C(Nc1ccnn1CC1CC1)c1ccc(Oc2ccccc2)nc1. The van der Waals surface area contributed by atoms with Gasteiger partial charge in [0.15, 0.2) is 0 Å². The quantitative estimate of drug-likeness (QED) is 0.746. The van der Waals surface area contributed by atoms with E-state index < -0.39 is 0 Å². The number of nitrogens with one attached hydrogen (secondary N) is 1. The summed E-state index contributed by atoms with van der Waals surface area (Å²) >= 11 is 0. The van der Waals surface area contributed by atoms with Crippen LogP contribution in [0, 0.1) is 5.92 Å². The fourth-order valence-electron chi connectivity index (χ4n) is 2.50. The first-order valence-electron chi connectivity index (χ1n) is 8.30. The molecule has 1 saturated carbocycles. The summed E-state index contributed by atoms with van der Waals surface area (Å²) in [5.74, 6) is 2.34. The number of aromatic nitrogens is 3. The van der Waals surface area contributed by atoms with Gasteiger partial charge in [-0.05, 0) is 37.0 Å². The van der Waals surface area contributed by atoms with Crippen molar-refractivity contribution in [3.05, 3.63) is 66.5 Å². The van der Waals surface area contributed by atoms with Crippen LogP contribution in [0.15, 0.2) is 60.9 Å². The number of rotatable bonds is 6. The maximum atomic E-state index is 12.4. The van der Waals surface area contributed by atoms with Gasteiger partial charge in [0.25, 0.3) is 5.91 Å². The molecule has 0 unspecified atom stereocenters. The van der Waals surface area contributed by atoms with E-state index in [9.17, 15) is 4.79 Å². The van der Waals surface area contributed by atoms with Gasteiger partial charge in [-0.15, -0.1) is 0 Å². The van der Waals surface area contributed by atoms with Crippen molar-refractivity contribution in [3.8, 4) is 11.6 Å². The molecule has 2 heterocycles. The fourth-order valence-corrected chi connectivity index (χ4v) is 2.50. The van der Waals surface area contributed by atoms with Gasteiger partial charge in [-0.3, -0.25) is 4.79 Å². The van der Waals surface area contributed by atoms with Gasteiger partial charge in [0.05, 0.1) is 11.8 Å². The van der Waals surface area contributed by atoms with Crippen molar-refractivity contribution in [2.24, 2.45) is 5.92 Å². The summed E-state index contributed by atoms with van der Waals surface area (Å²) in [5.41, 5.74) is 0.472. The highest BCUT2D eigenvalue weighted by Crippen LogP contribution is 2.31. The Labute approximate surface area is 145 Å².